The highest BCUT2D eigenvalue weighted by Crippen LogP contribution is 2.16. The number of aryl methyl sites for hydroxylation is 1. The Morgan fingerprint density at radius 2 is 1.88 bits per heavy atom. The smallest absolute Gasteiger partial charge is 0.410 e. The van der Waals surface area contributed by atoms with Crippen LogP contribution in [-0.4, -0.2) is 58.8 Å². The second-order valence-corrected chi connectivity index (χ2v) is 6.87. The summed E-state index contributed by atoms with van der Waals surface area (Å²) in [7, 11) is 0. The van der Waals surface area contributed by atoms with Gasteiger partial charge in [0.1, 0.15) is 11.4 Å². The van der Waals surface area contributed by atoms with Crippen molar-refractivity contribution in [2.24, 2.45) is 0 Å². The molecule has 7 nitrogen and oxygen atoms in total. The molecule has 1 aromatic rings. The van der Waals surface area contributed by atoms with E-state index in [4.69, 9.17) is 9.84 Å². The monoisotopic (exact) mass is 335 g/mol. The Hall–Kier alpha value is -2.31. The van der Waals surface area contributed by atoms with Gasteiger partial charge in [-0.3, -0.25) is 4.79 Å². The third kappa shape index (κ3) is 5.40. The average molecular weight is 335 g/mol. The lowest BCUT2D eigenvalue weighted by Crippen LogP contribution is -2.50. The zero-order chi connectivity index (χ0) is 17.7. The number of nitrogens with zero attached hydrogens (tertiary/aromatic N) is 3. The average Bonchev–Trinajstić information content (AvgIpc) is 2.52. The predicted molar refractivity (Wildman–Crippen MR) is 90.2 cm³/mol. The van der Waals surface area contributed by atoms with Crippen molar-refractivity contribution >= 4 is 17.9 Å². The second-order valence-electron chi connectivity index (χ2n) is 6.87. The minimum atomic E-state index is -0.808. The molecule has 1 aliphatic rings. The van der Waals surface area contributed by atoms with Crippen molar-refractivity contribution in [1.29, 1.82) is 0 Å². The van der Waals surface area contributed by atoms with Crippen LogP contribution in [0, 0.1) is 0 Å². The third-order valence-electron chi connectivity index (χ3n) is 3.69. The Kier molecular flexibility index (Phi) is 5.64. The number of aliphatic carboxylic acids is 1. The van der Waals surface area contributed by atoms with Crippen molar-refractivity contribution in [3.8, 4) is 0 Å². The summed E-state index contributed by atoms with van der Waals surface area (Å²) in [5.74, 6) is 0.0373. The van der Waals surface area contributed by atoms with E-state index < -0.39 is 11.6 Å². The maximum Gasteiger partial charge on any atom is 0.410 e. The molecule has 0 aliphatic carbocycles. The van der Waals surface area contributed by atoms with Gasteiger partial charge in [-0.1, -0.05) is 6.07 Å². The quantitative estimate of drug-likeness (QED) is 0.908. The molecule has 0 unspecified atom stereocenters. The van der Waals surface area contributed by atoms with E-state index in [0.717, 1.165) is 11.4 Å². The lowest BCUT2D eigenvalue weighted by Gasteiger charge is -2.36. The van der Waals surface area contributed by atoms with Gasteiger partial charge < -0.3 is 19.6 Å². The van der Waals surface area contributed by atoms with Crippen LogP contribution in [0.1, 0.15) is 32.8 Å². The Bertz CT molecular complexity index is 572. The first-order chi connectivity index (χ1) is 11.2. The van der Waals surface area contributed by atoms with Gasteiger partial charge >= 0.3 is 12.1 Å². The van der Waals surface area contributed by atoms with Crippen LogP contribution in [0.2, 0.25) is 0 Å². The molecule has 0 atom stereocenters. The molecule has 2 rings (SSSR count). The van der Waals surface area contributed by atoms with Crippen LogP contribution in [0.4, 0.5) is 10.6 Å². The molecule has 1 saturated heterocycles. The van der Waals surface area contributed by atoms with E-state index >= 15 is 0 Å². The number of hydrogen-bond donors (Lipinski definition) is 1. The van der Waals surface area contributed by atoms with Crippen molar-refractivity contribution < 1.29 is 19.4 Å². The van der Waals surface area contributed by atoms with E-state index in [0.29, 0.717) is 32.6 Å². The first kappa shape index (κ1) is 18.0. The molecule has 0 bridgehead atoms. The molecule has 1 amide bonds. The summed E-state index contributed by atoms with van der Waals surface area (Å²) < 4.78 is 5.38. The summed E-state index contributed by atoms with van der Waals surface area (Å²) in [6, 6.07) is 3.81. The number of amides is 1. The van der Waals surface area contributed by atoms with Crippen LogP contribution in [0.25, 0.3) is 0 Å². The van der Waals surface area contributed by atoms with Gasteiger partial charge in [-0.2, -0.15) is 0 Å². The molecule has 1 aromatic heterocycles. The van der Waals surface area contributed by atoms with Gasteiger partial charge in [-0.05, 0) is 38.8 Å². The maximum absolute atomic E-state index is 12.1. The fraction of sp³-hybridized carbons (Fsp3) is 0.588. The normalized spacial score (nSPS) is 15.3. The van der Waals surface area contributed by atoms with Crippen molar-refractivity contribution in [3.05, 3.63) is 23.9 Å². The fourth-order valence-electron chi connectivity index (χ4n) is 2.45. The highest BCUT2D eigenvalue weighted by atomic mass is 16.6. The Morgan fingerprint density at radius 1 is 1.21 bits per heavy atom. The number of pyridine rings is 1. The molecule has 1 aliphatic heterocycles. The van der Waals surface area contributed by atoms with Crippen LogP contribution in [-0.2, 0) is 16.0 Å². The molecule has 0 radical (unpaired) electrons. The van der Waals surface area contributed by atoms with E-state index in [1.54, 1.807) is 11.1 Å². The van der Waals surface area contributed by atoms with Gasteiger partial charge in [-0.15, -0.1) is 0 Å². The minimum absolute atomic E-state index is 0.107. The van der Waals surface area contributed by atoms with Gasteiger partial charge in [0.25, 0.3) is 0 Å². The van der Waals surface area contributed by atoms with Gasteiger partial charge in [0, 0.05) is 38.8 Å². The summed E-state index contributed by atoms with van der Waals surface area (Å²) >= 11 is 0. The number of ether oxygens (including phenoxy) is 1. The van der Waals surface area contributed by atoms with Crippen molar-refractivity contribution in [2.75, 3.05) is 31.1 Å². The number of carboxylic acids is 1. The molecule has 7 heteroatoms. The number of piperazine rings is 1. The van der Waals surface area contributed by atoms with E-state index in [1.165, 1.54) is 0 Å². The molecule has 2 heterocycles. The first-order valence-corrected chi connectivity index (χ1v) is 8.14. The molecule has 0 spiro atoms. The lowest BCUT2D eigenvalue weighted by molar-refractivity contribution is -0.136. The molecule has 132 valence electrons. The van der Waals surface area contributed by atoms with Crippen molar-refractivity contribution in [2.45, 2.75) is 39.2 Å². The number of hydrogen-bond acceptors (Lipinski definition) is 5. The summed E-state index contributed by atoms with van der Waals surface area (Å²) in [6.07, 6.45) is 2.03. The van der Waals surface area contributed by atoms with Crippen LogP contribution < -0.4 is 4.90 Å². The number of carbonyl (C=O) groups is 2. The summed E-state index contributed by atoms with van der Waals surface area (Å²) in [5, 5.41) is 8.70. The predicted octanol–water partition coefficient (Wildman–Crippen LogP) is 2.16. The fourth-order valence-corrected chi connectivity index (χ4v) is 2.45. The molecule has 1 fully saturated rings. The summed E-state index contributed by atoms with van der Waals surface area (Å²) in [5.41, 5.74) is 0.426. The Labute approximate surface area is 142 Å². The number of anilines is 1. The summed E-state index contributed by atoms with van der Waals surface area (Å²) in [6.45, 7) is 8.15. The highest BCUT2D eigenvalue weighted by Gasteiger charge is 2.26. The van der Waals surface area contributed by atoms with E-state index in [-0.39, 0.29) is 12.5 Å². The number of rotatable bonds is 4. The molecule has 1 N–H and O–H groups in total. The lowest BCUT2D eigenvalue weighted by atomic mass is 10.1. The molecule has 24 heavy (non-hydrogen) atoms. The standard InChI is InChI=1S/C17H25N3O4/c1-17(2,3)24-16(23)20-10-8-19(9-11-20)14-6-4-13(12-18-14)5-7-15(21)22/h4,6,12H,5,7-11H2,1-3H3,(H,21,22). The molecular formula is C17H25N3O4. The van der Waals surface area contributed by atoms with E-state index in [2.05, 4.69) is 9.88 Å². The van der Waals surface area contributed by atoms with Crippen LogP contribution in [0.5, 0.6) is 0 Å². The third-order valence-corrected chi connectivity index (χ3v) is 3.69. The van der Waals surface area contributed by atoms with Crippen LogP contribution >= 0.6 is 0 Å². The van der Waals surface area contributed by atoms with Crippen molar-refractivity contribution in [3.63, 3.8) is 0 Å². The van der Waals surface area contributed by atoms with Crippen LogP contribution in [0.3, 0.4) is 0 Å². The van der Waals surface area contributed by atoms with Gasteiger partial charge in [-0.25, -0.2) is 9.78 Å². The van der Waals surface area contributed by atoms with E-state index in [1.807, 2.05) is 32.9 Å². The van der Waals surface area contributed by atoms with Gasteiger partial charge in [0.15, 0.2) is 0 Å². The second kappa shape index (κ2) is 7.51. The minimum Gasteiger partial charge on any atom is -0.481 e. The summed E-state index contributed by atoms with van der Waals surface area (Å²) in [4.78, 5) is 30.9. The van der Waals surface area contributed by atoms with Crippen LogP contribution in [0.15, 0.2) is 18.3 Å². The van der Waals surface area contributed by atoms with Crippen molar-refractivity contribution in [1.82, 2.24) is 9.88 Å². The first-order valence-electron chi connectivity index (χ1n) is 8.14. The zero-order valence-electron chi connectivity index (χ0n) is 14.5. The number of carboxylic acid groups (broad SMARTS) is 1. The molecule has 0 saturated carbocycles. The Morgan fingerprint density at radius 3 is 2.38 bits per heavy atom. The Balaban J connectivity index is 1.85. The van der Waals surface area contributed by atoms with E-state index in [9.17, 15) is 9.59 Å². The number of aromatic nitrogens is 1. The SMILES string of the molecule is CC(C)(C)OC(=O)N1CCN(c2ccc(CCC(=O)O)cn2)CC1. The molecule has 0 aromatic carbocycles. The number of carbonyl (C=O) groups excluding carboxylic acids is 1. The van der Waals surface area contributed by atoms with Gasteiger partial charge in [0.05, 0.1) is 0 Å². The topological polar surface area (TPSA) is 83.0 Å². The highest BCUT2D eigenvalue weighted by molar-refractivity contribution is 5.68. The maximum atomic E-state index is 12.1. The largest absolute Gasteiger partial charge is 0.481 e. The molecular weight excluding hydrogens is 310 g/mol. The van der Waals surface area contributed by atoms with Gasteiger partial charge in [0.2, 0.25) is 0 Å². The zero-order valence-corrected chi connectivity index (χ0v) is 14.5.